The predicted octanol–water partition coefficient (Wildman–Crippen LogP) is 7.02. The molecule has 0 atom stereocenters. The Bertz CT molecular complexity index is 1940. The number of benzene rings is 3. The summed E-state index contributed by atoms with van der Waals surface area (Å²) in [6, 6.07) is 15.2. The van der Waals surface area contributed by atoms with Crippen molar-refractivity contribution >= 4 is 60.6 Å². The van der Waals surface area contributed by atoms with Crippen LogP contribution in [0.3, 0.4) is 0 Å². The van der Waals surface area contributed by atoms with E-state index in [-0.39, 0.29) is 29.9 Å². The maximum atomic E-state index is 13.5. The molecule has 2 N–H and O–H groups in total. The number of hydrogen-bond acceptors (Lipinski definition) is 9. The minimum Gasteiger partial charge on any atom is -0.496 e. The van der Waals surface area contributed by atoms with Crippen molar-refractivity contribution in [2.45, 2.75) is 33.4 Å². The van der Waals surface area contributed by atoms with Gasteiger partial charge in [-0.25, -0.2) is 19.3 Å². The van der Waals surface area contributed by atoms with Crippen molar-refractivity contribution in [2.75, 3.05) is 12.4 Å². The van der Waals surface area contributed by atoms with Gasteiger partial charge in [0.25, 0.3) is 0 Å². The highest BCUT2D eigenvalue weighted by molar-refractivity contribution is 7.72. The number of nitrogens with one attached hydrogen (secondary N) is 2. The molecule has 0 unspecified atom stereocenters. The number of anilines is 2. The van der Waals surface area contributed by atoms with Crippen molar-refractivity contribution < 1.29 is 22.3 Å². The van der Waals surface area contributed by atoms with Crippen LogP contribution in [0.1, 0.15) is 30.8 Å². The molecule has 0 amide bonds. The molecule has 0 radical (unpaired) electrons. The lowest BCUT2D eigenvalue weighted by Crippen LogP contribution is -2.25. The Hall–Kier alpha value is -4.10. The first-order chi connectivity index (χ1) is 21.2. The molecule has 0 saturated heterocycles. The number of ether oxygens (including phenoxy) is 2. The van der Waals surface area contributed by atoms with Crippen LogP contribution in [-0.2, 0) is 23.4 Å². The van der Waals surface area contributed by atoms with E-state index in [9.17, 15) is 12.8 Å². The normalized spacial score (nSPS) is 11.1. The van der Waals surface area contributed by atoms with Crippen LogP contribution in [0, 0.1) is 11.7 Å². The monoisotopic (exact) mass is 653 g/mol. The third-order valence-electron chi connectivity index (χ3n) is 6.49. The zero-order valence-corrected chi connectivity index (χ0v) is 26.5. The second kappa shape index (κ2) is 14.1. The summed E-state index contributed by atoms with van der Waals surface area (Å²) >= 11 is 7.93. The van der Waals surface area contributed by atoms with E-state index < -0.39 is 10.3 Å². The second-order valence-corrected chi connectivity index (χ2v) is 12.5. The van der Waals surface area contributed by atoms with Crippen LogP contribution in [-0.4, -0.2) is 35.5 Å². The average Bonchev–Trinajstić information content (AvgIpc) is 3.47. The molecular weight excluding hydrogens is 625 g/mol. The molecule has 9 nitrogen and oxygen atoms in total. The van der Waals surface area contributed by atoms with E-state index in [1.807, 2.05) is 37.4 Å². The Labute approximate surface area is 264 Å². The topological polar surface area (TPSA) is 115 Å². The molecule has 0 aliphatic heterocycles. The van der Waals surface area contributed by atoms with E-state index >= 15 is 0 Å². The first-order valence-corrected chi connectivity index (χ1v) is 15.9. The fourth-order valence-corrected chi connectivity index (χ4v) is 6.06. The molecule has 5 aromatic rings. The largest absolute Gasteiger partial charge is 0.496 e. The number of fused-ring (bicyclic) bond motifs is 1. The quantitative estimate of drug-likeness (QED) is 0.145. The summed E-state index contributed by atoms with van der Waals surface area (Å²) in [4.78, 5) is 13.9. The van der Waals surface area contributed by atoms with Crippen molar-refractivity contribution in [3.8, 4) is 22.8 Å². The number of halogens is 2. The van der Waals surface area contributed by atoms with Gasteiger partial charge in [0.1, 0.15) is 46.1 Å². The third-order valence-corrected chi connectivity index (χ3v) is 8.35. The van der Waals surface area contributed by atoms with Crippen LogP contribution in [0.2, 0.25) is 5.02 Å². The number of methoxy groups -OCH3 is 1. The molecule has 2 heterocycles. The van der Waals surface area contributed by atoms with Gasteiger partial charge in [-0.1, -0.05) is 37.6 Å². The maximum absolute atomic E-state index is 13.5. The standard InChI is InChI=1S/C31H29ClFN5O4S2/c1-18(2)9-30(44(39)40)34-14-29-38-26(16-43-29)22-12-23-25(13-28(22)41-3)35-17-36-31(23)37-21-7-8-27(24(32)11-21)42-15-19-5-4-6-20(33)10-19/h4-8,10-13,16-18,34H,9,14-15H2,1-3H3,(H,35,36,37). The first kappa shape index (κ1) is 31.3. The smallest absolute Gasteiger partial charge is 0.228 e. The number of rotatable bonds is 11. The average molecular weight is 654 g/mol. The highest BCUT2D eigenvalue weighted by Gasteiger charge is 2.16. The van der Waals surface area contributed by atoms with E-state index in [2.05, 4.69) is 20.6 Å². The van der Waals surface area contributed by atoms with Crippen LogP contribution < -0.4 is 20.1 Å². The van der Waals surface area contributed by atoms with Gasteiger partial charge in [-0.2, -0.15) is 8.42 Å². The molecule has 13 heteroatoms. The molecule has 44 heavy (non-hydrogen) atoms. The zero-order chi connectivity index (χ0) is 31.2. The molecule has 0 aliphatic carbocycles. The Morgan fingerprint density at radius 3 is 2.66 bits per heavy atom. The summed E-state index contributed by atoms with van der Waals surface area (Å²) in [6.07, 6.45) is 1.89. The molecule has 0 aliphatic rings. The Morgan fingerprint density at radius 2 is 1.93 bits per heavy atom. The van der Waals surface area contributed by atoms with E-state index in [0.29, 0.717) is 51.2 Å². The molecule has 0 bridgehead atoms. The van der Waals surface area contributed by atoms with Gasteiger partial charge < -0.3 is 14.8 Å². The van der Waals surface area contributed by atoms with Crippen molar-refractivity contribution in [2.24, 2.45) is 5.92 Å². The van der Waals surface area contributed by atoms with Crippen molar-refractivity contribution in [1.29, 1.82) is 0 Å². The summed E-state index contributed by atoms with van der Waals surface area (Å²) < 4.78 is 48.2. The second-order valence-electron chi connectivity index (χ2n) is 10.2. The first-order valence-electron chi connectivity index (χ1n) is 13.6. The molecule has 2 aromatic heterocycles. The van der Waals surface area contributed by atoms with Crippen molar-refractivity contribution in [3.05, 3.63) is 87.7 Å². The molecule has 0 fully saturated rings. The molecule has 3 aromatic carbocycles. The lowest BCUT2D eigenvalue weighted by molar-refractivity contribution is 0.306. The van der Waals surface area contributed by atoms with Gasteiger partial charge >= 0.3 is 0 Å². The summed E-state index contributed by atoms with van der Waals surface area (Å²) in [5, 5.41) is 10.1. The van der Waals surface area contributed by atoms with Crippen LogP contribution in [0.25, 0.3) is 22.2 Å². The number of thiazole rings is 1. The highest BCUT2D eigenvalue weighted by atomic mass is 35.5. The molecular formula is C31H29ClFN5O4S2. The third kappa shape index (κ3) is 7.69. The van der Waals surface area contributed by atoms with Gasteiger partial charge in [0, 0.05) is 28.1 Å². The minimum atomic E-state index is -2.32. The molecule has 5 rings (SSSR count). The van der Waals surface area contributed by atoms with E-state index in [1.165, 1.54) is 29.8 Å². The van der Waals surface area contributed by atoms with Crippen LogP contribution in [0.5, 0.6) is 11.5 Å². The highest BCUT2D eigenvalue weighted by Crippen LogP contribution is 2.37. The van der Waals surface area contributed by atoms with Crippen molar-refractivity contribution in [1.82, 2.24) is 20.3 Å². The van der Waals surface area contributed by atoms with Gasteiger partial charge in [-0.05, 0) is 54.3 Å². The van der Waals surface area contributed by atoms with Gasteiger partial charge in [0.15, 0.2) is 0 Å². The van der Waals surface area contributed by atoms with Crippen LogP contribution in [0.15, 0.2) is 66.3 Å². The Morgan fingerprint density at radius 1 is 1.09 bits per heavy atom. The molecule has 0 saturated carbocycles. The minimum absolute atomic E-state index is 0.176. The maximum Gasteiger partial charge on any atom is 0.228 e. The van der Waals surface area contributed by atoms with E-state index in [1.54, 1.807) is 31.4 Å². The van der Waals surface area contributed by atoms with Gasteiger partial charge in [0.2, 0.25) is 10.3 Å². The fraction of sp³-hybridized carbons (Fsp3) is 0.226. The Kier molecular flexibility index (Phi) is 10.1. The van der Waals surface area contributed by atoms with E-state index in [4.69, 9.17) is 26.1 Å². The number of aromatic nitrogens is 3. The summed E-state index contributed by atoms with van der Waals surface area (Å²) in [5.41, 5.74) is 3.44. The lowest BCUT2D eigenvalue weighted by atomic mass is 10.1. The Balaban J connectivity index is 1.37. The number of nitrogens with zero attached hydrogens (tertiary/aromatic N) is 3. The van der Waals surface area contributed by atoms with Gasteiger partial charge in [-0.15, -0.1) is 11.3 Å². The van der Waals surface area contributed by atoms with Gasteiger partial charge in [-0.3, -0.25) is 5.32 Å². The lowest BCUT2D eigenvalue weighted by Gasteiger charge is -2.13. The van der Waals surface area contributed by atoms with Crippen LogP contribution >= 0.6 is 22.9 Å². The SMILES string of the molecule is COc1cc2ncnc(Nc3ccc(OCc4cccc(F)c4)c(Cl)c3)c2cc1-c1csc(CNC(CC(C)C)=S(=O)=O)n1. The van der Waals surface area contributed by atoms with Gasteiger partial charge in [0.05, 0.1) is 29.9 Å². The predicted molar refractivity (Wildman–Crippen MR) is 173 cm³/mol. The van der Waals surface area contributed by atoms with Crippen LogP contribution in [0.4, 0.5) is 15.9 Å². The molecule has 228 valence electrons. The fourth-order valence-electron chi connectivity index (χ4n) is 4.43. The van der Waals surface area contributed by atoms with E-state index in [0.717, 1.165) is 16.0 Å². The summed E-state index contributed by atoms with van der Waals surface area (Å²) in [5.74, 6) is 1.47. The summed E-state index contributed by atoms with van der Waals surface area (Å²) in [7, 11) is -0.737. The van der Waals surface area contributed by atoms with Crippen molar-refractivity contribution in [3.63, 3.8) is 0 Å². The zero-order valence-electron chi connectivity index (χ0n) is 24.1. The number of hydrogen-bond donors (Lipinski definition) is 2. The molecule has 0 spiro atoms. The summed E-state index contributed by atoms with van der Waals surface area (Å²) in [6.45, 7) is 4.39.